The van der Waals surface area contributed by atoms with E-state index in [-0.39, 0.29) is 17.7 Å². The van der Waals surface area contributed by atoms with Crippen LogP contribution in [0.5, 0.6) is 0 Å². The molecule has 2 N–H and O–H groups in total. The minimum Gasteiger partial charge on any atom is -0.369 e. The van der Waals surface area contributed by atoms with Crippen LogP contribution < -0.4 is 5.73 Å². The molecule has 1 aromatic rings. The Labute approximate surface area is 125 Å². The summed E-state index contributed by atoms with van der Waals surface area (Å²) in [4.78, 5) is 27.3. The molecule has 1 heterocycles. The summed E-state index contributed by atoms with van der Waals surface area (Å²) in [6, 6.07) is 9.91. The van der Waals surface area contributed by atoms with E-state index in [4.69, 9.17) is 5.73 Å². The average molecular weight is 289 g/mol. The van der Waals surface area contributed by atoms with Crippen LogP contribution in [0.1, 0.15) is 18.4 Å². The predicted molar refractivity (Wildman–Crippen MR) is 81.3 cm³/mol. The molecule has 1 atom stereocenters. The van der Waals surface area contributed by atoms with Gasteiger partial charge >= 0.3 is 0 Å². The first-order chi connectivity index (χ1) is 10.1. The number of carbonyl (C=O) groups is 2. The summed E-state index contributed by atoms with van der Waals surface area (Å²) in [5.74, 6) is -0.306. The molecule has 0 saturated carbocycles. The van der Waals surface area contributed by atoms with Gasteiger partial charge in [0.2, 0.25) is 11.8 Å². The number of likely N-dealkylation sites (N-methyl/N-ethyl adjacent to an activating group) is 1. The third-order valence-electron chi connectivity index (χ3n) is 3.96. The van der Waals surface area contributed by atoms with E-state index in [1.165, 1.54) is 0 Å². The number of rotatable bonds is 5. The molecule has 2 rings (SSSR count). The van der Waals surface area contributed by atoms with Crippen LogP contribution >= 0.6 is 0 Å². The summed E-state index contributed by atoms with van der Waals surface area (Å²) >= 11 is 0. The highest BCUT2D eigenvalue weighted by atomic mass is 16.2. The molecule has 1 aliphatic rings. The number of nitrogens with two attached hydrogens (primary N) is 1. The molecule has 1 aliphatic heterocycles. The summed E-state index contributed by atoms with van der Waals surface area (Å²) in [5, 5.41) is 0. The largest absolute Gasteiger partial charge is 0.369 e. The van der Waals surface area contributed by atoms with Gasteiger partial charge in [0.15, 0.2) is 0 Å². The van der Waals surface area contributed by atoms with Crippen molar-refractivity contribution >= 4 is 11.8 Å². The first-order valence-electron chi connectivity index (χ1n) is 7.36. The second-order valence-electron chi connectivity index (χ2n) is 5.71. The lowest BCUT2D eigenvalue weighted by Gasteiger charge is -2.31. The molecule has 0 spiro atoms. The average Bonchev–Trinajstić information content (AvgIpc) is 2.48. The molecular weight excluding hydrogens is 266 g/mol. The predicted octanol–water partition coefficient (Wildman–Crippen LogP) is 0.842. The van der Waals surface area contributed by atoms with Crippen molar-refractivity contribution in [2.45, 2.75) is 19.4 Å². The third kappa shape index (κ3) is 4.56. The van der Waals surface area contributed by atoms with Gasteiger partial charge in [-0.3, -0.25) is 14.5 Å². The molecule has 0 radical (unpaired) electrons. The summed E-state index contributed by atoms with van der Waals surface area (Å²) in [6.45, 7) is 2.41. The molecular formula is C16H23N3O2. The van der Waals surface area contributed by atoms with Crippen LogP contribution in [0.25, 0.3) is 0 Å². The van der Waals surface area contributed by atoms with Crippen molar-refractivity contribution in [2.24, 2.45) is 11.7 Å². The normalized spacial score (nSPS) is 19.2. The Morgan fingerprint density at radius 3 is 2.71 bits per heavy atom. The second kappa shape index (κ2) is 7.22. The van der Waals surface area contributed by atoms with Crippen LogP contribution in [-0.4, -0.2) is 48.3 Å². The molecule has 0 bridgehead atoms. The molecule has 5 heteroatoms. The molecule has 0 unspecified atom stereocenters. The first kappa shape index (κ1) is 15.5. The number of nitrogens with zero attached hydrogens (tertiary/aromatic N) is 2. The lowest BCUT2D eigenvalue weighted by atomic mass is 9.97. The standard InChI is InChI=1S/C16H23N3O2/c1-18(10-13-6-3-2-4-7-13)15(20)12-19-9-5-8-14(11-19)16(17)21/h2-4,6-7,14H,5,8-12H2,1H3,(H2,17,21)/t14-/m1/s1. The Balaban J connectivity index is 1.84. The van der Waals surface area contributed by atoms with Crippen molar-refractivity contribution < 1.29 is 9.59 Å². The lowest BCUT2D eigenvalue weighted by molar-refractivity contribution is -0.133. The number of hydrogen-bond acceptors (Lipinski definition) is 3. The molecule has 21 heavy (non-hydrogen) atoms. The van der Waals surface area contributed by atoms with Gasteiger partial charge in [-0.1, -0.05) is 30.3 Å². The van der Waals surface area contributed by atoms with Crippen molar-refractivity contribution in [3.63, 3.8) is 0 Å². The maximum Gasteiger partial charge on any atom is 0.236 e. The van der Waals surface area contributed by atoms with Crippen LogP contribution in [0.4, 0.5) is 0 Å². The Morgan fingerprint density at radius 2 is 2.05 bits per heavy atom. The summed E-state index contributed by atoms with van der Waals surface area (Å²) in [5.41, 5.74) is 6.47. The minimum atomic E-state index is -0.259. The fourth-order valence-electron chi connectivity index (χ4n) is 2.69. The zero-order valence-electron chi connectivity index (χ0n) is 12.5. The van der Waals surface area contributed by atoms with E-state index >= 15 is 0 Å². The first-order valence-corrected chi connectivity index (χ1v) is 7.36. The highest BCUT2D eigenvalue weighted by Crippen LogP contribution is 2.16. The van der Waals surface area contributed by atoms with Crippen LogP contribution in [0.3, 0.4) is 0 Å². The number of hydrogen-bond donors (Lipinski definition) is 1. The van der Waals surface area contributed by atoms with E-state index in [1.54, 1.807) is 4.90 Å². The summed E-state index contributed by atoms with van der Waals surface area (Å²) < 4.78 is 0. The van der Waals surface area contributed by atoms with Gasteiger partial charge in [-0.2, -0.15) is 0 Å². The maximum absolute atomic E-state index is 12.3. The van der Waals surface area contributed by atoms with Crippen molar-refractivity contribution in [3.05, 3.63) is 35.9 Å². The molecule has 1 saturated heterocycles. The van der Waals surface area contributed by atoms with Gasteiger partial charge < -0.3 is 10.6 Å². The summed E-state index contributed by atoms with van der Waals surface area (Å²) in [7, 11) is 1.81. The van der Waals surface area contributed by atoms with Gasteiger partial charge in [-0.15, -0.1) is 0 Å². The van der Waals surface area contributed by atoms with E-state index in [0.717, 1.165) is 24.9 Å². The Hall–Kier alpha value is -1.88. The lowest BCUT2D eigenvalue weighted by Crippen LogP contribution is -2.45. The summed E-state index contributed by atoms with van der Waals surface area (Å²) in [6.07, 6.45) is 1.75. The third-order valence-corrected chi connectivity index (χ3v) is 3.96. The van der Waals surface area contributed by atoms with Gasteiger partial charge in [0.25, 0.3) is 0 Å². The maximum atomic E-state index is 12.3. The van der Waals surface area contributed by atoms with Crippen molar-refractivity contribution in [1.29, 1.82) is 0 Å². The molecule has 0 aliphatic carbocycles. The minimum absolute atomic E-state index is 0.0731. The SMILES string of the molecule is CN(Cc1ccccc1)C(=O)CN1CCC[C@@H](C(N)=O)C1. The number of piperidine rings is 1. The number of benzene rings is 1. The smallest absolute Gasteiger partial charge is 0.236 e. The number of carbonyl (C=O) groups excluding carboxylic acids is 2. The van der Waals surface area contributed by atoms with Crippen LogP contribution in [0.15, 0.2) is 30.3 Å². The van der Waals surface area contributed by atoms with E-state index in [9.17, 15) is 9.59 Å². The fourth-order valence-corrected chi connectivity index (χ4v) is 2.69. The topological polar surface area (TPSA) is 66.6 Å². The number of likely N-dealkylation sites (tertiary alicyclic amines) is 1. The van der Waals surface area contributed by atoms with E-state index in [0.29, 0.717) is 19.6 Å². The van der Waals surface area contributed by atoms with Gasteiger partial charge in [0, 0.05) is 20.1 Å². The highest BCUT2D eigenvalue weighted by Gasteiger charge is 2.25. The second-order valence-corrected chi connectivity index (χ2v) is 5.71. The van der Waals surface area contributed by atoms with E-state index < -0.39 is 0 Å². The van der Waals surface area contributed by atoms with Crippen LogP contribution in [0, 0.1) is 5.92 Å². The van der Waals surface area contributed by atoms with Crippen molar-refractivity contribution in [3.8, 4) is 0 Å². The molecule has 0 aromatic heterocycles. The molecule has 2 amide bonds. The Bertz CT molecular complexity index is 490. The van der Waals surface area contributed by atoms with E-state index in [2.05, 4.69) is 0 Å². The van der Waals surface area contributed by atoms with Crippen LogP contribution in [0.2, 0.25) is 0 Å². The van der Waals surface area contributed by atoms with Crippen molar-refractivity contribution in [2.75, 3.05) is 26.7 Å². The molecule has 1 aromatic carbocycles. The van der Waals surface area contributed by atoms with E-state index in [1.807, 2.05) is 42.3 Å². The quantitative estimate of drug-likeness (QED) is 0.873. The van der Waals surface area contributed by atoms with Gasteiger partial charge in [-0.05, 0) is 24.9 Å². The fraction of sp³-hybridized carbons (Fsp3) is 0.500. The number of amides is 2. The number of primary amides is 1. The molecule has 1 fully saturated rings. The highest BCUT2D eigenvalue weighted by molar-refractivity contribution is 5.79. The zero-order chi connectivity index (χ0) is 15.2. The Kier molecular flexibility index (Phi) is 5.33. The molecule has 114 valence electrons. The molecule has 5 nitrogen and oxygen atoms in total. The van der Waals surface area contributed by atoms with Crippen LogP contribution in [-0.2, 0) is 16.1 Å². The van der Waals surface area contributed by atoms with Gasteiger partial charge in [-0.25, -0.2) is 0 Å². The Morgan fingerprint density at radius 1 is 1.33 bits per heavy atom. The van der Waals surface area contributed by atoms with Gasteiger partial charge in [0.1, 0.15) is 0 Å². The monoisotopic (exact) mass is 289 g/mol. The van der Waals surface area contributed by atoms with Gasteiger partial charge in [0.05, 0.1) is 12.5 Å². The van der Waals surface area contributed by atoms with Crippen molar-refractivity contribution in [1.82, 2.24) is 9.80 Å². The zero-order valence-corrected chi connectivity index (χ0v) is 12.5.